The Labute approximate surface area is 369 Å². The predicted octanol–water partition coefficient (Wildman–Crippen LogP) is 5.07. The number of aryl methyl sites for hydroxylation is 1. The van der Waals surface area contributed by atoms with E-state index in [1.54, 1.807) is 0 Å². The molecule has 6 aromatic carbocycles. The standard InChI is InChI=1S/C15H11NO5.2C14H9BrN2O4/c1-5-4-8(18)11-12(13(5)19)14(20)9-6(16)2-3-7(17)10(9)15(11)21;15-4-3-6(17)9-11(12(4)19)14(21)10-7(18)2-1-5(16)8(10)13(9)20;15-4-3-7(19)10-11(12(4)17)14(21)9-6(18)2-1-5(16)8(9)13(10)20/h2-4,17-19H,16H2,1H3;2*1-3,18-19H,16-17H2. The zero-order chi connectivity index (χ0) is 46.4. The Bertz CT molecular complexity index is 2870. The maximum absolute atomic E-state index is 12.6. The number of hydrogen-bond donors (Lipinski definition) is 12. The minimum Gasteiger partial charge on any atom is -0.507 e. The fraction of sp³-hybridized carbons (Fsp3) is 0.0233. The normalized spacial score (nSPS) is 13.0. The topological polar surface area (TPSA) is 374 Å². The van der Waals surface area contributed by atoms with Crippen molar-refractivity contribution < 1.29 is 64.5 Å². The van der Waals surface area contributed by atoms with Gasteiger partial charge in [0, 0.05) is 27.2 Å². The summed E-state index contributed by atoms with van der Waals surface area (Å²) in [6, 6.07) is 11.4. The number of phenolic OH excluding ortho intramolecular Hbond substituents is 7. The van der Waals surface area contributed by atoms with Gasteiger partial charge < -0.3 is 64.4 Å². The average Bonchev–Trinajstić information content (AvgIpc) is 3.22. The van der Waals surface area contributed by atoms with Crippen LogP contribution in [-0.4, -0.2) is 70.4 Å². The highest BCUT2D eigenvalue weighted by Crippen LogP contribution is 2.46. The van der Waals surface area contributed by atoms with E-state index in [1.165, 1.54) is 61.5 Å². The molecule has 0 fully saturated rings. The van der Waals surface area contributed by atoms with Crippen LogP contribution in [0.15, 0.2) is 63.5 Å². The molecule has 0 atom stereocenters. The van der Waals surface area contributed by atoms with Crippen LogP contribution in [0.3, 0.4) is 0 Å². The maximum atomic E-state index is 12.6. The summed E-state index contributed by atoms with van der Waals surface area (Å²) >= 11 is 6.17. The first-order valence-electron chi connectivity index (χ1n) is 17.8. The molecule has 0 saturated heterocycles. The molecule has 3 aliphatic rings. The molecule has 0 spiro atoms. The van der Waals surface area contributed by atoms with Crippen molar-refractivity contribution in [3.05, 3.63) is 136 Å². The summed E-state index contributed by atoms with van der Waals surface area (Å²) in [4.78, 5) is 75.2. The van der Waals surface area contributed by atoms with E-state index in [-0.39, 0.29) is 133 Å². The minimum absolute atomic E-state index is 0.0206. The number of aromatic hydroxyl groups is 7. The second-order valence-electron chi connectivity index (χ2n) is 14.1. The fourth-order valence-corrected chi connectivity index (χ4v) is 8.34. The van der Waals surface area contributed by atoms with Gasteiger partial charge in [0.25, 0.3) is 0 Å². The Morgan fingerprint density at radius 2 is 0.667 bits per heavy atom. The molecular weight excluding hydrogens is 954 g/mol. The Kier molecular flexibility index (Phi) is 10.3. The molecule has 3 aliphatic carbocycles. The second kappa shape index (κ2) is 15.1. The molecule has 63 heavy (non-hydrogen) atoms. The lowest BCUT2D eigenvalue weighted by Gasteiger charge is -2.22. The van der Waals surface area contributed by atoms with Gasteiger partial charge in [0.2, 0.25) is 28.9 Å². The molecule has 0 aliphatic heterocycles. The van der Waals surface area contributed by atoms with Gasteiger partial charge in [0.05, 0.1) is 76.9 Å². The minimum atomic E-state index is -0.753. The molecule has 9 rings (SSSR count). The first-order valence-corrected chi connectivity index (χ1v) is 19.4. The van der Waals surface area contributed by atoms with E-state index in [9.17, 15) is 64.5 Å². The van der Waals surface area contributed by atoms with Crippen molar-refractivity contribution in [2.75, 3.05) is 28.7 Å². The van der Waals surface area contributed by atoms with Crippen LogP contribution in [0.1, 0.15) is 101 Å². The van der Waals surface area contributed by atoms with Gasteiger partial charge in [0.1, 0.15) is 40.2 Å². The molecule has 0 radical (unpaired) electrons. The van der Waals surface area contributed by atoms with Crippen molar-refractivity contribution >= 4 is 95.0 Å². The molecule has 0 amide bonds. The highest BCUT2D eigenvalue weighted by atomic mass is 79.9. The number of rotatable bonds is 0. The number of nitrogen functional groups attached to an aromatic ring is 5. The van der Waals surface area contributed by atoms with Crippen molar-refractivity contribution in [1.82, 2.24) is 0 Å². The third-order valence-corrected chi connectivity index (χ3v) is 11.7. The van der Waals surface area contributed by atoms with Crippen molar-refractivity contribution in [1.29, 1.82) is 0 Å². The van der Waals surface area contributed by atoms with Gasteiger partial charge in [-0.15, -0.1) is 0 Å². The van der Waals surface area contributed by atoms with Gasteiger partial charge in [0.15, 0.2) is 5.78 Å². The third-order valence-electron chi connectivity index (χ3n) is 10.4. The van der Waals surface area contributed by atoms with Crippen molar-refractivity contribution in [3.63, 3.8) is 0 Å². The van der Waals surface area contributed by atoms with E-state index in [0.29, 0.717) is 0 Å². The number of ketones is 6. The number of carbonyl (C=O) groups is 6. The van der Waals surface area contributed by atoms with E-state index in [4.69, 9.17) is 28.7 Å². The van der Waals surface area contributed by atoms with Gasteiger partial charge in [-0.05, 0) is 98.9 Å². The van der Waals surface area contributed by atoms with Gasteiger partial charge in [-0.1, -0.05) is 0 Å². The monoisotopic (exact) mass is 981 g/mol. The fourth-order valence-electron chi connectivity index (χ4n) is 7.48. The van der Waals surface area contributed by atoms with Gasteiger partial charge in [-0.25, -0.2) is 0 Å². The summed E-state index contributed by atoms with van der Waals surface area (Å²) < 4.78 is 0.471. The smallest absolute Gasteiger partial charge is 0.202 e. The molecule has 6 aromatic rings. The Morgan fingerprint density at radius 1 is 0.349 bits per heavy atom. The number of halogens is 2. The van der Waals surface area contributed by atoms with E-state index in [1.807, 2.05) is 0 Å². The van der Waals surface area contributed by atoms with Gasteiger partial charge in [-0.2, -0.15) is 0 Å². The summed E-state index contributed by atoms with van der Waals surface area (Å²) in [5.74, 6) is -6.78. The molecule has 18 nitrogen and oxygen atoms in total. The number of nitrogens with two attached hydrogens (primary N) is 5. The number of carbonyl (C=O) groups excluding carboxylic acids is 6. The summed E-state index contributed by atoms with van der Waals surface area (Å²) in [7, 11) is 0. The van der Waals surface area contributed by atoms with E-state index >= 15 is 0 Å². The zero-order valence-corrected chi connectivity index (χ0v) is 35.1. The summed E-state index contributed by atoms with van der Waals surface area (Å²) in [6.07, 6.45) is 0. The van der Waals surface area contributed by atoms with Crippen LogP contribution in [-0.2, 0) is 0 Å². The van der Waals surface area contributed by atoms with E-state index in [2.05, 4.69) is 31.9 Å². The SMILES string of the molecule is Cc1cc(O)c2c(c1O)C(=O)c1c(N)ccc(O)c1C2=O.Nc1ccc(O)c2c1C(=O)c1c(N)cc(Br)c(O)c1C2=O.Nc1ccc(O)c2c1C(=O)c1c(O)cc(Br)c(N)c1C2=O. The lowest BCUT2D eigenvalue weighted by molar-refractivity contribution is 0.0972. The van der Waals surface area contributed by atoms with Crippen molar-refractivity contribution in [3.8, 4) is 40.2 Å². The van der Waals surface area contributed by atoms with E-state index in [0.717, 1.165) is 0 Å². The first kappa shape index (κ1) is 43.0. The Hall–Kier alpha value is -8.10. The molecular formula is C43H29Br2N5O13. The highest BCUT2D eigenvalue weighted by molar-refractivity contribution is 9.11. The molecule has 0 saturated carbocycles. The molecule has 17 N–H and O–H groups in total. The zero-order valence-electron chi connectivity index (χ0n) is 31.9. The van der Waals surface area contributed by atoms with Crippen LogP contribution >= 0.6 is 31.9 Å². The Balaban J connectivity index is 0.000000142. The number of benzene rings is 6. The lowest BCUT2D eigenvalue weighted by atomic mass is 9.81. The Morgan fingerprint density at radius 3 is 1.14 bits per heavy atom. The van der Waals surface area contributed by atoms with E-state index < -0.39 is 51.9 Å². The number of anilines is 5. The van der Waals surface area contributed by atoms with Crippen LogP contribution < -0.4 is 28.7 Å². The van der Waals surface area contributed by atoms with Crippen LogP contribution in [0, 0.1) is 6.92 Å². The molecule has 0 unspecified atom stereocenters. The largest absolute Gasteiger partial charge is 0.507 e. The molecule has 20 heteroatoms. The highest BCUT2D eigenvalue weighted by Gasteiger charge is 2.41. The van der Waals surface area contributed by atoms with Crippen LogP contribution in [0.25, 0.3) is 0 Å². The van der Waals surface area contributed by atoms with Gasteiger partial charge >= 0.3 is 0 Å². The molecule has 0 aromatic heterocycles. The average molecular weight is 984 g/mol. The third kappa shape index (κ3) is 6.38. The number of fused-ring (bicyclic) bond motifs is 6. The number of hydrogen-bond acceptors (Lipinski definition) is 18. The maximum Gasteiger partial charge on any atom is 0.202 e. The van der Waals surface area contributed by atoms with Crippen LogP contribution in [0.2, 0.25) is 0 Å². The summed E-state index contributed by atoms with van der Waals surface area (Å²) in [5, 5.41) is 69.6. The summed E-state index contributed by atoms with van der Waals surface area (Å²) in [5.41, 5.74) is 26.9. The van der Waals surface area contributed by atoms with Crippen molar-refractivity contribution in [2.45, 2.75) is 6.92 Å². The molecule has 0 bridgehead atoms. The molecule has 0 heterocycles. The van der Waals surface area contributed by atoms with Gasteiger partial charge in [-0.3, -0.25) is 28.8 Å². The van der Waals surface area contributed by atoms with Crippen molar-refractivity contribution in [2.24, 2.45) is 0 Å². The van der Waals surface area contributed by atoms with Crippen LogP contribution in [0.4, 0.5) is 28.4 Å². The first-order chi connectivity index (χ1) is 29.5. The quantitative estimate of drug-likeness (QED) is 0.0697. The second-order valence-corrected chi connectivity index (χ2v) is 15.9. The summed E-state index contributed by atoms with van der Waals surface area (Å²) in [6.45, 7) is 1.49. The molecule has 318 valence electrons. The number of phenols is 7. The lowest BCUT2D eigenvalue weighted by Crippen LogP contribution is -2.24. The van der Waals surface area contributed by atoms with Crippen LogP contribution in [0.5, 0.6) is 40.2 Å². The predicted molar refractivity (Wildman–Crippen MR) is 233 cm³/mol.